The maximum absolute atomic E-state index is 14.1. The van der Waals surface area contributed by atoms with E-state index in [0.717, 1.165) is 11.1 Å². The predicted molar refractivity (Wildman–Crippen MR) is 239 cm³/mol. The Kier molecular flexibility index (Phi) is 12.5. The van der Waals surface area contributed by atoms with Crippen LogP contribution in [0.15, 0.2) is 46.0 Å². The van der Waals surface area contributed by atoms with Gasteiger partial charge in [-0.15, -0.1) is 0 Å². The maximum atomic E-state index is 14.1. The van der Waals surface area contributed by atoms with Crippen LogP contribution in [0, 0.1) is 68.0 Å². The van der Waals surface area contributed by atoms with Crippen LogP contribution in [0.3, 0.4) is 0 Å². The molecule has 62 heavy (non-hydrogen) atoms. The molecule has 4 saturated carbocycles. The van der Waals surface area contributed by atoms with Gasteiger partial charge in [-0.3, -0.25) is 28.8 Å². The molecular weight excluding hydrogens is 785 g/mol. The highest BCUT2D eigenvalue weighted by Crippen LogP contribution is 2.75. The van der Waals surface area contributed by atoms with Gasteiger partial charge in [-0.1, -0.05) is 78.7 Å². The van der Waals surface area contributed by atoms with Gasteiger partial charge < -0.3 is 20.4 Å². The fourth-order valence-electron chi connectivity index (χ4n) is 13.7. The first-order chi connectivity index (χ1) is 28.1. The maximum Gasteiger partial charge on any atom is 0.183 e. The van der Waals surface area contributed by atoms with Crippen molar-refractivity contribution in [3.05, 3.63) is 46.0 Å². The SMILES string of the molecule is CC(C)=CCC12C[C@@H]3C(C)(C)[C@@H](C(C)(C)O)C[C@]3(C(=O)C(C(=O)CC(C)C)=C1O)C2=O.CC(C)=CCC12C[C@H]3C(C)(C)[C@H](C(C)(C)O)C[C@@]3(C(=O)C(C(=O)CC(C)C)=C1O)C2=O. The highest BCUT2D eigenvalue weighted by molar-refractivity contribution is 6.33. The van der Waals surface area contributed by atoms with Gasteiger partial charge in [-0.05, 0) is 140 Å². The van der Waals surface area contributed by atoms with Gasteiger partial charge in [0.05, 0.1) is 32.9 Å². The van der Waals surface area contributed by atoms with Crippen LogP contribution in [-0.4, -0.2) is 66.3 Å². The summed E-state index contributed by atoms with van der Waals surface area (Å²) in [7, 11) is 0. The number of aliphatic hydroxyl groups is 4. The molecule has 0 radical (unpaired) electrons. The number of aliphatic hydroxyl groups excluding tert-OH is 2. The molecule has 4 N–H and O–H groups in total. The highest BCUT2D eigenvalue weighted by atomic mass is 16.3. The summed E-state index contributed by atoms with van der Waals surface area (Å²) in [6, 6.07) is 0. The molecule has 6 aliphatic carbocycles. The summed E-state index contributed by atoms with van der Waals surface area (Å²) < 4.78 is 0. The molecule has 6 rings (SSSR count). The third kappa shape index (κ3) is 7.11. The minimum absolute atomic E-state index is 0.0297. The van der Waals surface area contributed by atoms with Crippen molar-refractivity contribution in [2.45, 2.75) is 173 Å². The van der Waals surface area contributed by atoms with E-state index in [1.807, 2.05) is 95.2 Å². The fraction of sp³-hybridized carbons (Fsp3) is 0.731. The van der Waals surface area contributed by atoms with E-state index in [2.05, 4.69) is 0 Å². The van der Waals surface area contributed by atoms with Crippen molar-refractivity contribution in [1.82, 2.24) is 0 Å². The highest BCUT2D eigenvalue weighted by Gasteiger charge is 2.80. The van der Waals surface area contributed by atoms with Crippen molar-refractivity contribution in [1.29, 1.82) is 0 Å². The number of hydrogen-bond donors (Lipinski definition) is 4. The minimum atomic E-state index is -1.35. The Labute approximate surface area is 370 Å². The zero-order valence-electron chi connectivity index (χ0n) is 40.5. The number of allylic oxidation sites excluding steroid dienone is 8. The van der Waals surface area contributed by atoms with Crippen molar-refractivity contribution in [2.24, 2.45) is 68.0 Å². The Morgan fingerprint density at radius 2 is 0.887 bits per heavy atom. The Bertz CT molecular complexity index is 1930. The summed E-state index contributed by atoms with van der Waals surface area (Å²) in [5.41, 5.74) is -6.62. The minimum Gasteiger partial charge on any atom is -0.510 e. The lowest BCUT2D eigenvalue weighted by Crippen LogP contribution is -2.50. The number of ketones is 6. The molecule has 2 spiro atoms. The smallest absolute Gasteiger partial charge is 0.183 e. The second-order valence-electron chi connectivity index (χ2n) is 23.9. The van der Waals surface area contributed by atoms with E-state index >= 15 is 0 Å². The number of carbonyl (C=O) groups is 6. The van der Waals surface area contributed by atoms with Crippen LogP contribution in [-0.2, 0) is 28.8 Å². The summed E-state index contributed by atoms with van der Waals surface area (Å²) in [6.07, 6.45) is 5.79. The van der Waals surface area contributed by atoms with Crippen molar-refractivity contribution in [3.63, 3.8) is 0 Å². The molecule has 0 aromatic heterocycles. The van der Waals surface area contributed by atoms with Crippen LogP contribution in [0.4, 0.5) is 0 Å². The van der Waals surface area contributed by atoms with Gasteiger partial charge in [-0.2, -0.15) is 0 Å². The van der Waals surface area contributed by atoms with Crippen LogP contribution < -0.4 is 0 Å². The van der Waals surface area contributed by atoms with Gasteiger partial charge in [0.25, 0.3) is 0 Å². The summed E-state index contributed by atoms with van der Waals surface area (Å²) >= 11 is 0. The summed E-state index contributed by atoms with van der Waals surface area (Å²) in [4.78, 5) is 82.2. The van der Waals surface area contributed by atoms with Crippen LogP contribution in [0.1, 0.15) is 162 Å². The molecule has 0 amide bonds. The van der Waals surface area contributed by atoms with Gasteiger partial charge >= 0.3 is 0 Å². The molecule has 4 fully saturated rings. The van der Waals surface area contributed by atoms with E-state index < -0.39 is 55.3 Å². The number of Topliss-reactive ketones (excluding diaryl/α,β-unsaturated/α-hetero) is 6. The molecule has 10 heteroatoms. The quantitative estimate of drug-likeness (QED) is 0.0838. The molecule has 0 aliphatic heterocycles. The normalized spacial score (nSPS) is 34.4. The average molecular weight is 861 g/mol. The van der Waals surface area contributed by atoms with Crippen molar-refractivity contribution < 1.29 is 49.2 Å². The first-order valence-corrected chi connectivity index (χ1v) is 22.9. The Morgan fingerprint density at radius 1 is 0.597 bits per heavy atom. The van der Waals surface area contributed by atoms with Crippen LogP contribution in [0.5, 0.6) is 0 Å². The topological polar surface area (TPSA) is 183 Å². The molecule has 4 bridgehead atoms. The third-order valence-corrected chi connectivity index (χ3v) is 16.4. The first kappa shape index (κ1) is 49.5. The van der Waals surface area contributed by atoms with Gasteiger partial charge in [0, 0.05) is 12.8 Å². The molecule has 344 valence electrons. The molecule has 6 aliphatic rings. The van der Waals surface area contributed by atoms with E-state index in [4.69, 9.17) is 0 Å². The second kappa shape index (κ2) is 15.6. The predicted octanol–water partition coefficient (Wildman–Crippen LogP) is 9.46. The first-order valence-electron chi connectivity index (χ1n) is 22.9. The lowest BCUT2D eigenvalue weighted by Gasteiger charge is -2.41. The van der Waals surface area contributed by atoms with Crippen LogP contribution in [0.25, 0.3) is 0 Å². The zero-order valence-corrected chi connectivity index (χ0v) is 40.5. The number of fused-ring (bicyclic) bond motifs is 2. The number of rotatable bonds is 12. The molecule has 2 unspecified atom stereocenters. The summed E-state index contributed by atoms with van der Waals surface area (Å²) in [5, 5.41) is 44.5. The van der Waals surface area contributed by atoms with E-state index in [1.54, 1.807) is 27.7 Å². The number of carbonyl (C=O) groups excluding carboxylic acids is 6. The molecular formula is C52H76O10. The van der Waals surface area contributed by atoms with E-state index in [1.165, 1.54) is 0 Å². The summed E-state index contributed by atoms with van der Waals surface area (Å²) in [5.74, 6) is -4.12. The largest absolute Gasteiger partial charge is 0.510 e. The Balaban J connectivity index is 0.000000234. The lowest BCUT2D eigenvalue weighted by molar-refractivity contribution is -0.147. The monoisotopic (exact) mass is 861 g/mol. The van der Waals surface area contributed by atoms with E-state index in [0.29, 0.717) is 12.8 Å². The van der Waals surface area contributed by atoms with E-state index in [9.17, 15) is 49.2 Å². The Hall–Kier alpha value is -3.50. The van der Waals surface area contributed by atoms with Crippen LogP contribution in [0.2, 0.25) is 0 Å². The van der Waals surface area contributed by atoms with Gasteiger partial charge in [-0.25, -0.2) is 0 Å². The zero-order chi connectivity index (χ0) is 47.5. The molecule has 0 saturated heterocycles. The average Bonchev–Trinajstić information content (AvgIpc) is 3.67. The van der Waals surface area contributed by atoms with Crippen molar-refractivity contribution >= 4 is 34.7 Å². The van der Waals surface area contributed by atoms with E-state index in [-0.39, 0.29) is 120 Å². The second-order valence-corrected chi connectivity index (χ2v) is 23.9. The van der Waals surface area contributed by atoms with Gasteiger partial charge in [0.2, 0.25) is 0 Å². The number of hydrogen-bond acceptors (Lipinski definition) is 10. The molecule has 8 atom stereocenters. The van der Waals surface area contributed by atoms with Crippen LogP contribution >= 0.6 is 0 Å². The molecule has 0 heterocycles. The molecule has 0 aromatic carbocycles. The Morgan fingerprint density at radius 3 is 1.13 bits per heavy atom. The van der Waals surface area contributed by atoms with Gasteiger partial charge in [0.15, 0.2) is 34.7 Å². The third-order valence-electron chi connectivity index (χ3n) is 16.4. The molecule has 0 aromatic rings. The van der Waals surface area contributed by atoms with Gasteiger partial charge in [0.1, 0.15) is 22.7 Å². The van der Waals surface area contributed by atoms with Crippen molar-refractivity contribution in [3.8, 4) is 0 Å². The summed E-state index contributed by atoms with van der Waals surface area (Å²) in [6.45, 7) is 30.3. The van der Waals surface area contributed by atoms with Crippen molar-refractivity contribution in [2.75, 3.05) is 0 Å². The molecule has 10 nitrogen and oxygen atoms in total. The lowest BCUT2D eigenvalue weighted by atomic mass is 9.62. The standard InChI is InChI=1S/2C26H38O5/c2*1-14(2)9-10-25-12-18-23(5,6)17(24(7,8)31)13-26(18,22(25)30)21(29)19(20(25)28)16(27)11-15(3)4/h2*9,15,17-18,28,31H,10-13H2,1-8H3/t2*17-,18+,25?,26-/m10/s1. The fourth-order valence-corrected chi connectivity index (χ4v) is 13.7.